The molecule has 1 saturated heterocycles. The van der Waals surface area contributed by atoms with Gasteiger partial charge in [-0.3, -0.25) is 14.5 Å². The van der Waals surface area contributed by atoms with E-state index in [4.69, 9.17) is 16.3 Å². The highest BCUT2D eigenvalue weighted by Gasteiger charge is 2.49. The van der Waals surface area contributed by atoms with Crippen molar-refractivity contribution >= 4 is 35.1 Å². The zero-order valence-electron chi connectivity index (χ0n) is 15.7. The van der Waals surface area contributed by atoms with Gasteiger partial charge < -0.3 is 15.4 Å². The Morgan fingerprint density at radius 3 is 2.50 bits per heavy atom. The lowest BCUT2D eigenvalue weighted by atomic mass is 9.92. The van der Waals surface area contributed by atoms with Crippen molar-refractivity contribution < 1.29 is 19.1 Å². The first-order valence-electron chi connectivity index (χ1n) is 8.59. The van der Waals surface area contributed by atoms with Gasteiger partial charge in [-0.15, -0.1) is 0 Å². The quantitative estimate of drug-likeness (QED) is 0.754. The largest absolute Gasteiger partial charge is 0.497 e. The Morgan fingerprint density at radius 2 is 1.89 bits per heavy atom. The Balaban J connectivity index is 1.73. The van der Waals surface area contributed by atoms with Gasteiger partial charge in [0, 0.05) is 10.7 Å². The van der Waals surface area contributed by atoms with Crippen molar-refractivity contribution in [3.8, 4) is 5.75 Å². The molecule has 0 spiro atoms. The molecule has 1 aliphatic rings. The second-order valence-corrected chi connectivity index (χ2v) is 7.09. The smallest absolute Gasteiger partial charge is 0.325 e. The molecule has 1 atom stereocenters. The number of imide groups is 1. The number of hydrogen-bond acceptors (Lipinski definition) is 4. The maximum absolute atomic E-state index is 12.9. The summed E-state index contributed by atoms with van der Waals surface area (Å²) in [5.74, 6) is -0.362. The van der Waals surface area contributed by atoms with Gasteiger partial charge in [-0.1, -0.05) is 29.8 Å². The van der Waals surface area contributed by atoms with Gasteiger partial charge in [0.15, 0.2) is 0 Å². The van der Waals surface area contributed by atoms with Crippen LogP contribution in [0.25, 0.3) is 0 Å². The zero-order chi connectivity index (χ0) is 20.5. The van der Waals surface area contributed by atoms with E-state index in [1.54, 1.807) is 56.5 Å². The number of rotatable bonds is 5. The van der Waals surface area contributed by atoms with Crippen LogP contribution in [-0.4, -0.2) is 36.4 Å². The van der Waals surface area contributed by atoms with Crippen molar-refractivity contribution in [2.75, 3.05) is 19.0 Å². The Morgan fingerprint density at radius 1 is 1.21 bits per heavy atom. The molecule has 0 aromatic heterocycles. The van der Waals surface area contributed by atoms with E-state index in [2.05, 4.69) is 10.6 Å². The summed E-state index contributed by atoms with van der Waals surface area (Å²) < 4.78 is 5.11. The number of methoxy groups -OCH3 is 1. The Bertz CT molecular complexity index is 945. The summed E-state index contributed by atoms with van der Waals surface area (Å²) in [5.41, 5.74) is 0.714. The highest BCUT2D eigenvalue weighted by atomic mass is 35.5. The van der Waals surface area contributed by atoms with Crippen LogP contribution in [0.4, 0.5) is 10.5 Å². The second kappa shape index (κ2) is 7.52. The van der Waals surface area contributed by atoms with Crippen LogP contribution >= 0.6 is 11.6 Å². The molecule has 146 valence electrons. The predicted octanol–water partition coefficient (Wildman–Crippen LogP) is 3.06. The molecule has 2 N–H and O–H groups in total. The van der Waals surface area contributed by atoms with E-state index in [0.717, 1.165) is 10.5 Å². The molecule has 4 amide bonds. The normalized spacial score (nSPS) is 18.8. The van der Waals surface area contributed by atoms with Crippen LogP contribution in [0.15, 0.2) is 42.5 Å². The van der Waals surface area contributed by atoms with Gasteiger partial charge in [-0.2, -0.15) is 0 Å². The molecule has 0 unspecified atom stereocenters. The molecule has 1 heterocycles. The van der Waals surface area contributed by atoms with Crippen LogP contribution < -0.4 is 15.4 Å². The molecule has 1 fully saturated rings. The van der Waals surface area contributed by atoms with Gasteiger partial charge in [0.25, 0.3) is 5.91 Å². The average Bonchev–Trinajstić information content (AvgIpc) is 2.89. The van der Waals surface area contributed by atoms with E-state index in [0.29, 0.717) is 22.0 Å². The fourth-order valence-electron chi connectivity index (χ4n) is 2.98. The monoisotopic (exact) mass is 401 g/mol. The van der Waals surface area contributed by atoms with Crippen molar-refractivity contribution in [1.29, 1.82) is 0 Å². The zero-order valence-corrected chi connectivity index (χ0v) is 16.5. The first-order chi connectivity index (χ1) is 13.2. The van der Waals surface area contributed by atoms with Crippen molar-refractivity contribution in [3.05, 3.63) is 58.6 Å². The summed E-state index contributed by atoms with van der Waals surface area (Å²) in [6.07, 6.45) is 0. The van der Waals surface area contributed by atoms with Gasteiger partial charge in [0.05, 0.1) is 7.11 Å². The van der Waals surface area contributed by atoms with E-state index < -0.39 is 29.9 Å². The van der Waals surface area contributed by atoms with Crippen LogP contribution in [0.3, 0.4) is 0 Å². The third-order valence-electron chi connectivity index (χ3n) is 4.70. The molecular formula is C20H20ClN3O4. The lowest BCUT2D eigenvalue weighted by Crippen LogP contribution is -2.42. The standard InChI is InChI=1S/C20H20ClN3O4/c1-12-4-7-14(10-16(12)21)22-17(25)11-24-18(26)20(2,23-19(24)27)13-5-8-15(28-3)9-6-13/h4-10H,11H2,1-3H3,(H,22,25)(H,23,27)/t20-/m1/s1. The molecule has 0 saturated carbocycles. The molecule has 7 nitrogen and oxygen atoms in total. The number of hydrogen-bond donors (Lipinski definition) is 2. The number of ether oxygens (including phenoxy) is 1. The molecule has 28 heavy (non-hydrogen) atoms. The average molecular weight is 402 g/mol. The summed E-state index contributed by atoms with van der Waals surface area (Å²) in [6, 6.07) is 11.3. The van der Waals surface area contributed by atoms with Gasteiger partial charge >= 0.3 is 6.03 Å². The molecule has 0 aliphatic carbocycles. The van der Waals surface area contributed by atoms with E-state index >= 15 is 0 Å². The number of nitrogens with one attached hydrogen (secondary N) is 2. The van der Waals surface area contributed by atoms with E-state index in [-0.39, 0.29) is 0 Å². The van der Waals surface area contributed by atoms with Crippen LogP contribution in [0.5, 0.6) is 5.75 Å². The fraction of sp³-hybridized carbons (Fsp3) is 0.250. The fourth-order valence-corrected chi connectivity index (χ4v) is 3.16. The Labute approximate surface area is 167 Å². The minimum atomic E-state index is -1.25. The second-order valence-electron chi connectivity index (χ2n) is 6.69. The lowest BCUT2D eigenvalue weighted by molar-refractivity contribution is -0.133. The third kappa shape index (κ3) is 3.66. The number of carbonyl (C=O) groups excluding carboxylic acids is 3. The maximum atomic E-state index is 12.9. The van der Waals surface area contributed by atoms with E-state index in [1.807, 2.05) is 6.92 Å². The van der Waals surface area contributed by atoms with Crippen LogP contribution in [0.2, 0.25) is 5.02 Å². The Kier molecular flexibility index (Phi) is 5.29. The summed E-state index contributed by atoms with van der Waals surface area (Å²) in [6.45, 7) is 3.05. The highest BCUT2D eigenvalue weighted by molar-refractivity contribution is 6.31. The van der Waals surface area contributed by atoms with Gasteiger partial charge in [-0.05, 0) is 49.2 Å². The number of carbonyl (C=O) groups is 3. The van der Waals surface area contributed by atoms with Crippen molar-refractivity contribution in [2.24, 2.45) is 0 Å². The van der Waals surface area contributed by atoms with Crippen molar-refractivity contribution in [3.63, 3.8) is 0 Å². The molecule has 2 aromatic rings. The van der Waals surface area contributed by atoms with Crippen molar-refractivity contribution in [2.45, 2.75) is 19.4 Å². The van der Waals surface area contributed by atoms with Gasteiger partial charge in [0.1, 0.15) is 17.8 Å². The topological polar surface area (TPSA) is 87.7 Å². The summed E-state index contributed by atoms with van der Waals surface area (Å²) >= 11 is 6.05. The molecule has 1 aliphatic heterocycles. The molecule has 8 heteroatoms. The molecule has 3 rings (SSSR count). The Hall–Kier alpha value is -3.06. The molecular weight excluding hydrogens is 382 g/mol. The molecule has 0 radical (unpaired) electrons. The molecule has 0 bridgehead atoms. The number of anilines is 1. The van der Waals surface area contributed by atoms with Crippen LogP contribution in [-0.2, 0) is 15.1 Å². The number of amides is 4. The SMILES string of the molecule is COc1ccc([C@@]2(C)NC(=O)N(CC(=O)Nc3ccc(C)c(Cl)c3)C2=O)cc1. The van der Waals surface area contributed by atoms with E-state index in [9.17, 15) is 14.4 Å². The van der Waals surface area contributed by atoms with Crippen LogP contribution in [0.1, 0.15) is 18.1 Å². The number of nitrogens with zero attached hydrogens (tertiary/aromatic N) is 1. The number of aryl methyl sites for hydroxylation is 1. The lowest BCUT2D eigenvalue weighted by Gasteiger charge is -2.22. The van der Waals surface area contributed by atoms with Gasteiger partial charge in [0.2, 0.25) is 5.91 Å². The van der Waals surface area contributed by atoms with E-state index in [1.165, 1.54) is 0 Å². The summed E-state index contributed by atoms with van der Waals surface area (Å²) in [7, 11) is 1.54. The van der Waals surface area contributed by atoms with Crippen LogP contribution in [0, 0.1) is 6.92 Å². The first-order valence-corrected chi connectivity index (χ1v) is 8.97. The summed E-state index contributed by atoms with van der Waals surface area (Å²) in [5, 5.41) is 5.83. The maximum Gasteiger partial charge on any atom is 0.325 e. The summed E-state index contributed by atoms with van der Waals surface area (Å²) in [4.78, 5) is 38.5. The third-order valence-corrected chi connectivity index (χ3v) is 5.11. The predicted molar refractivity (Wildman–Crippen MR) is 105 cm³/mol. The minimum absolute atomic E-state index is 0.401. The van der Waals surface area contributed by atoms with Gasteiger partial charge in [-0.25, -0.2) is 4.79 Å². The van der Waals surface area contributed by atoms with Crippen molar-refractivity contribution in [1.82, 2.24) is 10.2 Å². The number of benzene rings is 2. The number of halogens is 1. The number of urea groups is 1. The minimum Gasteiger partial charge on any atom is -0.497 e. The molecule has 2 aromatic carbocycles. The first kappa shape index (κ1) is 19.7. The highest BCUT2D eigenvalue weighted by Crippen LogP contribution is 2.30.